The predicted octanol–water partition coefficient (Wildman–Crippen LogP) is 0.728. The van der Waals surface area contributed by atoms with Crippen molar-refractivity contribution >= 4 is 23.5 Å². The first-order chi connectivity index (χ1) is 5.65. The van der Waals surface area contributed by atoms with Crippen LogP contribution in [0.15, 0.2) is 12.1 Å². The van der Waals surface area contributed by atoms with Gasteiger partial charge in [0.1, 0.15) is 0 Å². The summed E-state index contributed by atoms with van der Waals surface area (Å²) in [6, 6.07) is 3.36. The van der Waals surface area contributed by atoms with Gasteiger partial charge in [-0.05, 0) is 24.6 Å². The van der Waals surface area contributed by atoms with Crippen LogP contribution < -0.4 is 16.8 Å². The van der Waals surface area contributed by atoms with Crippen molar-refractivity contribution in [1.29, 1.82) is 0 Å². The molecule has 0 bridgehead atoms. The third-order valence-corrected chi connectivity index (χ3v) is 1.64. The fourth-order valence-electron chi connectivity index (χ4n) is 0.966. The number of aryl methyl sites for hydroxylation is 1. The predicted molar refractivity (Wildman–Crippen MR) is 49.7 cm³/mol. The molecular formula is C8H11N3O. The average Bonchev–Trinajstić information content (AvgIpc) is 2.01. The van der Waals surface area contributed by atoms with Crippen LogP contribution in [0, 0.1) is 6.92 Å². The summed E-state index contributed by atoms with van der Waals surface area (Å²) in [6.45, 7) is 1.85. The highest BCUT2D eigenvalue weighted by Gasteiger charge is 2.00. The molecule has 0 saturated carbocycles. The molecule has 0 aromatic heterocycles. The number of carbonyl (C=O) groups is 1. The molecule has 0 aliphatic heterocycles. The van der Waals surface area contributed by atoms with Gasteiger partial charge in [0, 0.05) is 5.69 Å². The molecule has 4 heteroatoms. The Morgan fingerprint density at radius 1 is 1.33 bits per heavy atom. The number of nitrogens with one attached hydrogen (secondary N) is 1. The minimum Gasteiger partial charge on any atom is -0.397 e. The number of nitrogens with two attached hydrogens (primary N) is 2. The van der Waals surface area contributed by atoms with Crippen LogP contribution in [0.3, 0.4) is 0 Å². The second kappa shape index (κ2) is 3.13. The lowest BCUT2D eigenvalue weighted by Crippen LogP contribution is -2.01. The lowest BCUT2D eigenvalue weighted by atomic mass is 10.1. The minimum atomic E-state index is 0.477. The van der Waals surface area contributed by atoms with E-state index in [0.29, 0.717) is 23.5 Å². The smallest absolute Gasteiger partial charge is 0.211 e. The Bertz CT molecular complexity index is 309. The quantitative estimate of drug-likeness (QED) is 0.446. The van der Waals surface area contributed by atoms with Crippen LogP contribution in [-0.4, -0.2) is 6.41 Å². The van der Waals surface area contributed by atoms with E-state index in [1.54, 1.807) is 12.1 Å². The molecule has 64 valence electrons. The van der Waals surface area contributed by atoms with E-state index in [1.165, 1.54) is 0 Å². The van der Waals surface area contributed by atoms with Crippen LogP contribution in [0.1, 0.15) is 5.56 Å². The zero-order valence-electron chi connectivity index (χ0n) is 6.79. The minimum absolute atomic E-state index is 0.477. The number of carbonyl (C=O) groups excluding carboxylic acids is 1. The lowest BCUT2D eigenvalue weighted by Gasteiger charge is -2.07. The molecule has 1 aromatic rings. The number of amides is 1. The van der Waals surface area contributed by atoms with Crippen molar-refractivity contribution in [3.8, 4) is 0 Å². The van der Waals surface area contributed by atoms with Crippen molar-refractivity contribution in [2.75, 3.05) is 16.8 Å². The van der Waals surface area contributed by atoms with Gasteiger partial charge in [0.25, 0.3) is 0 Å². The van der Waals surface area contributed by atoms with Gasteiger partial charge in [-0.2, -0.15) is 0 Å². The van der Waals surface area contributed by atoms with Crippen LogP contribution in [0.4, 0.5) is 17.1 Å². The molecule has 4 nitrogen and oxygen atoms in total. The van der Waals surface area contributed by atoms with Gasteiger partial charge >= 0.3 is 0 Å². The molecule has 1 amide bonds. The molecule has 0 spiro atoms. The van der Waals surface area contributed by atoms with E-state index in [1.807, 2.05) is 6.92 Å². The van der Waals surface area contributed by atoms with Crippen LogP contribution >= 0.6 is 0 Å². The van der Waals surface area contributed by atoms with Gasteiger partial charge in [0.2, 0.25) is 6.41 Å². The van der Waals surface area contributed by atoms with Gasteiger partial charge < -0.3 is 16.8 Å². The van der Waals surface area contributed by atoms with E-state index in [9.17, 15) is 4.79 Å². The summed E-state index contributed by atoms with van der Waals surface area (Å²) in [5.74, 6) is 0. The molecule has 0 saturated heterocycles. The molecule has 1 aromatic carbocycles. The summed E-state index contributed by atoms with van der Waals surface area (Å²) in [4.78, 5) is 10.1. The first-order valence-corrected chi connectivity index (χ1v) is 3.51. The summed E-state index contributed by atoms with van der Waals surface area (Å²) in [5.41, 5.74) is 13.7. The topological polar surface area (TPSA) is 81.1 Å². The SMILES string of the molecule is Cc1cc(N)c(N)cc1NC=O. The summed E-state index contributed by atoms with van der Waals surface area (Å²) in [5, 5.41) is 2.53. The molecule has 5 N–H and O–H groups in total. The summed E-state index contributed by atoms with van der Waals surface area (Å²) in [6.07, 6.45) is 0.609. The van der Waals surface area contributed by atoms with Gasteiger partial charge in [0.15, 0.2) is 0 Å². The highest BCUT2D eigenvalue weighted by molar-refractivity contribution is 5.79. The number of anilines is 3. The fraction of sp³-hybridized carbons (Fsp3) is 0.125. The average molecular weight is 165 g/mol. The van der Waals surface area contributed by atoms with Crippen molar-refractivity contribution in [2.24, 2.45) is 0 Å². The molecule has 0 unspecified atom stereocenters. The molecule has 0 heterocycles. The summed E-state index contributed by atoms with van der Waals surface area (Å²) in [7, 11) is 0. The first-order valence-electron chi connectivity index (χ1n) is 3.51. The zero-order valence-corrected chi connectivity index (χ0v) is 6.79. The maximum Gasteiger partial charge on any atom is 0.211 e. The molecule has 0 fully saturated rings. The Labute approximate surface area is 70.6 Å². The zero-order chi connectivity index (χ0) is 9.14. The van der Waals surface area contributed by atoms with Crippen LogP contribution in [0.2, 0.25) is 0 Å². The maximum atomic E-state index is 10.1. The molecular weight excluding hydrogens is 154 g/mol. The first kappa shape index (κ1) is 8.39. The third kappa shape index (κ3) is 1.47. The van der Waals surface area contributed by atoms with E-state index in [-0.39, 0.29) is 0 Å². The van der Waals surface area contributed by atoms with Crippen LogP contribution in [0.5, 0.6) is 0 Å². The molecule has 0 aliphatic rings. The van der Waals surface area contributed by atoms with E-state index < -0.39 is 0 Å². The number of hydrogen-bond acceptors (Lipinski definition) is 3. The van der Waals surface area contributed by atoms with Crippen molar-refractivity contribution in [2.45, 2.75) is 6.92 Å². The van der Waals surface area contributed by atoms with Gasteiger partial charge in [-0.15, -0.1) is 0 Å². The van der Waals surface area contributed by atoms with Crippen LogP contribution in [-0.2, 0) is 4.79 Å². The molecule has 0 atom stereocenters. The van der Waals surface area contributed by atoms with E-state index in [4.69, 9.17) is 11.5 Å². The number of benzene rings is 1. The van der Waals surface area contributed by atoms with Crippen molar-refractivity contribution in [3.63, 3.8) is 0 Å². The second-order valence-electron chi connectivity index (χ2n) is 2.56. The molecule has 0 aliphatic carbocycles. The molecule has 0 radical (unpaired) electrons. The highest BCUT2D eigenvalue weighted by atomic mass is 16.1. The maximum absolute atomic E-state index is 10.1. The van der Waals surface area contributed by atoms with E-state index in [2.05, 4.69) is 5.32 Å². The number of hydrogen-bond donors (Lipinski definition) is 3. The van der Waals surface area contributed by atoms with Gasteiger partial charge in [-0.3, -0.25) is 4.79 Å². The monoisotopic (exact) mass is 165 g/mol. The van der Waals surface area contributed by atoms with E-state index >= 15 is 0 Å². The number of rotatable bonds is 2. The molecule has 1 rings (SSSR count). The van der Waals surface area contributed by atoms with Crippen molar-refractivity contribution < 1.29 is 4.79 Å². The summed E-state index contributed by atoms with van der Waals surface area (Å²) < 4.78 is 0. The van der Waals surface area contributed by atoms with Crippen LogP contribution in [0.25, 0.3) is 0 Å². The Balaban J connectivity index is 3.13. The van der Waals surface area contributed by atoms with Crippen molar-refractivity contribution in [3.05, 3.63) is 17.7 Å². The lowest BCUT2D eigenvalue weighted by molar-refractivity contribution is -0.105. The molecule has 12 heavy (non-hydrogen) atoms. The Morgan fingerprint density at radius 3 is 2.50 bits per heavy atom. The third-order valence-electron chi connectivity index (χ3n) is 1.64. The summed E-state index contributed by atoms with van der Waals surface area (Å²) >= 11 is 0. The Morgan fingerprint density at radius 2 is 1.92 bits per heavy atom. The van der Waals surface area contributed by atoms with Gasteiger partial charge in [0.05, 0.1) is 11.4 Å². The fourth-order valence-corrected chi connectivity index (χ4v) is 0.966. The number of nitrogen functional groups attached to an aromatic ring is 2. The Hall–Kier alpha value is -1.71. The van der Waals surface area contributed by atoms with E-state index in [0.717, 1.165) is 5.56 Å². The van der Waals surface area contributed by atoms with Crippen molar-refractivity contribution in [1.82, 2.24) is 0 Å². The highest BCUT2D eigenvalue weighted by Crippen LogP contribution is 2.23. The Kier molecular flexibility index (Phi) is 2.19. The largest absolute Gasteiger partial charge is 0.397 e. The van der Waals surface area contributed by atoms with Gasteiger partial charge in [-0.25, -0.2) is 0 Å². The second-order valence-corrected chi connectivity index (χ2v) is 2.56. The van der Waals surface area contributed by atoms with Gasteiger partial charge in [-0.1, -0.05) is 0 Å². The normalized spacial score (nSPS) is 9.42. The standard InChI is InChI=1S/C8H11N3O/c1-5-2-6(9)7(10)3-8(5)11-4-12/h2-4H,9-10H2,1H3,(H,11,12).